The predicted molar refractivity (Wildman–Crippen MR) is 102 cm³/mol. The monoisotopic (exact) mass is 356 g/mol. The smallest absolute Gasteiger partial charge is 0.357 e. The fourth-order valence-corrected chi connectivity index (χ4v) is 3.16. The molecule has 1 saturated heterocycles. The maximum Gasteiger partial charge on any atom is 0.357 e. The summed E-state index contributed by atoms with van der Waals surface area (Å²) in [5.41, 5.74) is 1.98. The molecule has 1 aromatic carbocycles. The van der Waals surface area contributed by atoms with Gasteiger partial charge in [-0.1, -0.05) is 30.3 Å². The van der Waals surface area contributed by atoms with Gasteiger partial charge in [0.1, 0.15) is 17.7 Å². The lowest BCUT2D eigenvalue weighted by Crippen LogP contribution is -2.31. The Kier molecular flexibility index (Phi) is 6.38. The molecule has 2 aromatic rings. The number of piperidine rings is 1. The zero-order valence-corrected chi connectivity index (χ0v) is 14.8. The van der Waals surface area contributed by atoms with Crippen LogP contribution in [0, 0.1) is 10.8 Å². The topological polar surface area (TPSA) is 89.3 Å². The van der Waals surface area contributed by atoms with Gasteiger partial charge in [-0.3, -0.25) is 0 Å². The summed E-state index contributed by atoms with van der Waals surface area (Å²) in [6.45, 7) is 3.56. The van der Waals surface area contributed by atoms with Gasteiger partial charge in [0.15, 0.2) is 0 Å². The van der Waals surface area contributed by atoms with E-state index in [9.17, 15) is 10.1 Å². The highest BCUT2D eigenvalue weighted by molar-refractivity contribution is 5.64. The van der Waals surface area contributed by atoms with Crippen LogP contribution in [0.2, 0.25) is 0 Å². The molecule has 2 heterocycles. The van der Waals surface area contributed by atoms with E-state index >= 15 is 0 Å². The van der Waals surface area contributed by atoms with Crippen molar-refractivity contribution >= 4 is 17.2 Å². The van der Waals surface area contributed by atoms with E-state index in [1.807, 2.05) is 18.2 Å². The lowest BCUT2D eigenvalue weighted by atomic mass is 9.98. The number of rotatable bonds is 8. The molecular formula is C19H26N5O2+. The minimum atomic E-state index is -0.133. The molecule has 0 atom stereocenters. The molecule has 1 aliphatic rings. The van der Waals surface area contributed by atoms with E-state index in [1.165, 1.54) is 11.8 Å². The Balaban J connectivity index is 1.60. The van der Waals surface area contributed by atoms with E-state index in [1.54, 1.807) is 6.07 Å². The average molecular weight is 356 g/mol. The van der Waals surface area contributed by atoms with Crippen LogP contribution in [0.3, 0.4) is 0 Å². The Morgan fingerprint density at radius 1 is 1.19 bits per heavy atom. The number of aromatic nitrogens is 1. The van der Waals surface area contributed by atoms with Crippen molar-refractivity contribution in [3.05, 3.63) is 53.1 Å². The number of anilines is 2. The number of nitrogens with zero attached hydrogens (tertiary/aromatic N) is 2. The van der Waals surface area contributed by atoms with Crippen molar-refractivity contribution in [1.82, 2.24) is 10.3 Å². The first-order valence-electron chi connectivity index (χ1n) is 9.11. The normalized spacial score (nSPS) is 14.8. The summed E-state index contributed by atoms with van der Waals surface area (Å²) in [6.07, 6.45) is 4.49. The van der Waals surface area contributed by atoms with Gasteiger partial charge in [-0.15, -0.1) is 0 Å². The number of pyridine rings is 1. The first-order valence-corrected chi connectivity index (χ1v) is 9.11. The SMILES string of the molecule is O=[N+](O)c1cnc(NCCc2ccccc2)cc1NCC1CCNCC1. The molecular weight excluding hydrogens is 330 g/mol. The second kappa shape index (κ2) is 9.15. The molecule has 138 valence electrons. The van der Waals surface area contributed by atoms with Crippen molar-refractivity contribution in [2.75, 3.05) is 36.8 Å². The molecule has 0 spiro atoms. The van der Waals surface area contributed by atoms with E-state index in [0.717, 1.165) is 45.4 Å². The summed E-state index contributed by atoms with van der Waals surface area (Å²) < 4.78 is 0. The molecule has 3 rings (SSSR count). The summed E-state index contributed by atoms with van der Waals surface area (Å²) in [7, 11) is 0. The van der Waals surface area contributed by atoms with Crippen LogP contribution < -0.4 is 16.0 Å². The third-order valence-electron chi connectivity index (χ3n) is 4.69. The molecule has 4 N–H and O–H groups in total. The quantitative estimate of drug-likeness (QED) is 0.544. The summed E-state index contributed by atoms with van der Waals surface area (Å²) in [5.74, 6) is 1.24. The first-order chi connectivity index (χ1) is 12.7. The standard InChI is InChI=1S/C19H26N5O2/c25-24(26)18-14-23-19(21-11-8-15-4-2-1-3-5-15)12-17(18)22-13-16-6-9-20-10-7-16/h1-5,12,14,16,20H,6-11,13H2,(H,25,26)(H2,21,22,23)/q+1. The van der Waals surface area contributed by atoms with Crippen LogP contribution in [-0.4, -0.2) is 41.3 Å². The number of hydrogen-bond acceptors (Lipinski definition) is 5. The third kappa shape index (κ3) is 5.16. The van der Waals surface area contributed by atoms with Gasteiger partial charge >= 0.3 is 5.69 Å². The second-order valence-electron chi connectivity index (χ2n) is 6.60. The minimum absolute atomic E-state index is 0.132. The van der Waals surface area contributed by atoms with E-state index < -0.39 is 0 Å². The molecule has 1 fully saturated rings. The Morgan fingerprint density at radius 3 is 2.69 bits per heavy atom. The van der Waals surface area contributed by atoms with Gasteiger partial charge in [-0.05, 0) is 43.8 Å². The summed E-state index contributed by atoms with van der Waals surface area (Å²) in [5, 5.41) is 19.2. The molecule has 26 heavy (non-hydrogen) atoms. The van der Waals surface area contributed by atoms with Gasteiger partial charge in [0.25, 0.3) is 4.92 Å². The molecule has 0 saturated carbocycles. The molecule has 0 radical (unpaired) electrons. The lowest BCUT2D eigenvalue weighted by molar-refractivity contribution is -0.729. The highest BCUT2D eigenvalue weighted by Crippen LogP contribution is 2.26. The van der Waals surface area contributed by atoms with E-state index in [-0.39, 0.29) is 10.6 Å². The molecule has 1 aromatic heterocycles. The van der Waals surface area contributed by atoms with Crippen molar-refractivity contribution in [2.45, 2.75) is 19.3 Å². The second-order valence-corrected chi connectivity index (χ2v) is 6.60. The van der Waals surface area contributed by atoms with Gasteiger partial charge in [0, 0.05) is 19.2 Å². The molecule has 0 unspecified atom stereocenters. The minimum Gasteiger partial charge on any atom is -0.379 e. The Morgan fingerprint density at radius 2 is 1.96 bits per heavy atom. The van der Waals surface area contributed by atoms with Crippen LogP contribution in [0.5, 0.6) is 0 Å². The highest BCUT2D eigenvalue weighted by atomic mass is 16.6. The predicted octanol–water partition coefficient (Wildman–Crippen LogP) is 2.95. The van der Waals surface area contributed by atoms with Gasteiger partial charge in [-0.25, -0.2) is 10.2 Å². The molecule has 0 bridgehead atoms. The number of benzene rings is 1. The van der Waals surface area contributed by atoms with Gasteiger partial charge in [-0.2, -0.15) is 0 Å². The number of nitrogens with one attached hydrogen (secondary N) is 3. The van der Waals surface area contributed by atoms with Crippen molar-refractivity contribution < 1.29 is 10.1 Å². The van der Waals surface area contributed by atoms with E-state index in [0.29, 0.717) is 17.4 Å². The van der Waals surface area contributed by atoms with Crippen molar-refractivity contribution in [3.63, 3.8) is 0 Å². The van der Waals surface area contributed by atoms with Crippen molar-refractivity contribution in [1.29, 1.82) is 0 Å². The van der Waals surface area contributed by atoms with Crippen molar-refractivity contribution in [2.24, 2.45) is 5.92 Å². The maximum absolute atomic E-state index is 11.4. The number of hydrogen-bond donors (Lipinski definition) is 4. The highest BCUT2D eigenvalue weighted by Gasteiger charge is 2.21. The summed E-state index contributed by atoms with van der Waals surface area (Å²) in [6, 6.07) is 12.0. The van der Waals surface area contributed by atoms with Crippen LogP contribution in [0.25, 0.3) is 0 Å². The van der Waals surface area contributed by atoms with Gasteiger partial charge in [0.05, 0.1) is 4.91 Å². The molecule has 7 heteroatoms. The van der Waals surface area contributed by atoms with E-state index in [2.05, 4.69) is 33.1 Å². The Hall–Kier alpha value is -2.67. The van der Waals surface area contributed by atoms with Crippen LogP contribution >= 0.6 is 0 Å². The maximum atomic E-state index is 11.4. The Bertz CT molecular complexity index is 717. The molecule has 0 aliphatic carbocycles. The fourth-order valence-electron chi connectivity index (χ4n) is 3.16. The van der Waals surface area contributed by atoms with Crippen molar-refractivity contribution in [3.8, 4) is 0 Å². The van der Waals surface area contributed by atoms with Gasteiger partial charge < -0.3 is 16.0 Å². The van der Waals surface area contributed by atoms with Crippen LogP contribution in [-0.2, 0) is 6.42 Å². The van der Waals surface area contributed by atoms with Crippen LogP contribution in [0.15, 0.2) is 42.6 Å². The average Bonchev–Trinajstić information content (AvgIpc) is 2.68. The summed E-state index contributed by atoms with van der Waals surface area (Å²) in [4.78, 5) is 15.5. The summed E-state index contributed by atoms with van der Waals surface area (Å²) >= 11 is 0. The van der Waals surface area contributed by atoms with Crippen LogP contribution in [0.4, 0.5) is 17.2 Å². The molecule has 0 amide bonds. The van der Waals surface area contributed by atoms with Gasteiger partial charge in [0.2, 0.25) is 0 Å². The lowest BCUT2D eigenvalue weighted by Gasteiger charge is -2.23. The zero-order chi connectivity index (χ0) is 18.2. The fraction of sp³-hybridized carbons (Fsp3) is 0.421. The molecule has 1 aliphatic heterocycles. The van der Waals surface area contributed by atoms with E-state index in [4.69, 9.17) is 0 Å². The Labute approximate surface area is 153 Å². The molecule has 7 nitrogen and oxygen atoms in total. The zero-order valence-electron chi connectivity index (χ0n) is 14.8. The third-order valence-corrected chi connectivity index (χ3v) is 4.69. The largest absolute Gasteiger partial charge is 0.379 e. The van der Waals surface area contributed by atoms with Crippen LogP contribution in [0.1, 0.15) is 18.4 Å². The first kappa shape index (κ1) is 18.1.